The molecule has 0 bridgehead atoms. The first-order valence-corrected chi connectivity index (χ1v) is 7.60. The van der Waals surface area contributed by atoms with Crippen LogP contribution >= 0.6 is 0 Å². The van der Waals surface area contributed by atoms with Crippen LogP contribution in [0.2, 0.25) is 0 Å². The van der Waals surface area contributed by atoms with Crippen molar-refractivity contribution in [3.05, 3.63) is 53.7 Å². The normalized spacial score (nSPS) is 17.8. The minimum absolute atomic E-state index is 0.0503. The first-order valence-electron chi connectivity index (χ1n) is 7.60. The lowest BCUT2D eigenvalue weighted by atomic mass is 10.2. The Morgan fingerprint density at radius 2 is 2.30 bits per heavy atom. The van der Waals surface area contributed by atoms with Gasteiger partial charge in [0.1, 0.15) is 17.7 Å². The molecule has 3 aromatic rings. The van der Waals surface area contributed by atoms with Crippen LogP contribution < -0.4 is 0 Å². The average molecular weight is 312 g/mol. The molecule has 0 saturated carbocycles. The molecule has 1 N–H and O–H groups in total. The second kappa shape index (κ2) is 5.55. The number of carbonyl (C=O) groups is 1. The Bertz CT molecular complexity index is 845. The SMILES string of the molecule is O=C(O)c1ccc2c(c1)nc(C1CCCO1)n2Cc1ccco1. The van der Waals surface area contributed by atoms with Crippen LogP contribution in [0.1, 0.15) is 40.9 Å². The van der Waals surface area contributed by atoms with Crippen LogP contribution in [0.5, 0.6) is 0 Å². The number of aromatic carboxylic acids is 1. The van der Waals surface area contributed by atoms with Gasteiger partial charge in [-0.2, -0.15) is 0 Å². The van der Waals surface area contributed by atoms with Crippen LogP contribution in [-0.4, -0.2) is 27.2 Å². The van der Waals surface area contributed by atoms with Gasteiger partial charge in [0.05, 0.1) is 29.4 Å². The van der Waals surface area contributed by atoms with Gasteiger partial charge in [0.15, 0.2) is 0 Å². The molecule has 0 radical (unpaired) electrons. The summed E-state index contributed by atoms with van der Waals surface area (Å²) in [6, 6.07) is 8.77. The molecule has 23 heavy (non-hydrogen) atoms. The number of rotatable bonds is 4. The van der Waals surface area contributed by atoms with Crippen molar-refractivity contribution in [2.24, 2.45) is 0 Å². The highest BCUT2D eigenvalue weighted by atomic mass is 16.5. The molecule has 6 heteroatoms. The number of hydrogen-bond acceptors (Lipinski definition) is 4. The maximum atomic E-state index is 11.2. The second-order valence-corrected chi connectivity index (χ2v) is 5.65. The molecule has 1 saturated heterocycles. The number of nitrogens with zero attached hydrogens (tertiary/aromatic N) is 2. The zero-order valence-corrected chi connectivity index (χ0v) is 12.4. The monoisotopic (exact) mass is 312 g/mol. The van der Waals surface area contributed by atoms with Gasteiger partial charge >= 0.3 is 5.97 Å². The van der Waals surface area contributed by atoms with Crippen molar-refractivity contribution in [3.8, 4) is 0 Å². The lowest BCUT2D eigenvalue weighted by Gasteiger charge is -2.12. The van der Waals surface area contributed by atoms with E-state index in [1.165, 1.54) is 0 Å². The van der Waals surface area contributed by atoms with Gasteiger partial charge in [-0.15, -0.1) is 0 Å². The van der Waals surface area contributed by atoms with Crippen LogP contribution in [0.25, 0.3) is 11.0 Å². The molecular weight excluding hydrogens is 296 g/mol. The number of carboxylic acids is 1. The van der Waals surface area contributed by atoms with Crippen molar-refractivity contribution in [3.63, 3.8) is 0 Å². The van der Waals surface area contributed by atoms with Crippen LogP contribution in [0.15, 0.2) is 41.0 Å². The molecule has 1 aliphatic heterocycles. The molecule has 1 aromatic carbocycles. The molecule has 2 aromatic heterocycles. The van der Waals surface area contributed by atoms with Gasteiger partial charge < -0.3 is 18.8 Å². The van der Waals surface area contributed by atoms with Crippen molar-refractivity contribution < 1.29 is 19.1 Å². The Labute approximate surface area is 132 Å². The van der Waals surface area contributed by atoms with Gasteiger partial charge in [-0.1, -0.05) is 0 Å². The lowest BCUT2D eigenvalue weighted by molar-refractivity contribution is 0.0697. The molecule has 3 heterocycles. The number of fused-ring (bicyclic) bond motifs is 1. The minimum Gasteiger partial charge on any atom is -0.478 e. The summed E-state index contributed by atoms with van der Waals surface area (Å²) in [6.45, 7) is 1.28. The third-order valence-electron chi connectivity index (χ3n) is 4.14. The van der Waals surface area contributed by atoms with Crippen LogP contribution in [0.3, 0.4) is 0 Å². The summed E-state index contributed by atoms with van der Waals surface area (Å²) >= 11 is 0. The fraction of sp³-hybridized carbons (Fsp3) is 0.294. The minimum atomic E-state index is -0.953. The summed E-state index contributed by atoms with van der Waals surface area (Å²) in [5.74, 6) is 0.702. The molecule has 0 spiro atoms. The zero-order chi connectivity index (χ0) is 15.8. The number of hydrogen-bond donors (Lipinski definition) is 1. The highest BCUT2D eigenvalue weighted by molar-refractivity contribution is 5.92. The topological polar surface area (TPSA) is 77.5 Å². The maximum absolute atomic E-state index is 11.2. The molecule has 1 fully saturated rings. The third-order valence-corrected chi connectivity index (χ3v) is 4.14. The maximum Gasteiger partial charge on any atom is 0.335 e. The van der Waals surface area contributed by atoms with E-state index in [0.717, 1.165) is 36.5 Å². The molecule has 0 amide bonds. The van der Waals surface area contributed by atoms with E-state index in [9.17, 15) is 4.79 Å². The van der Waals surface area contributed by atoms with E-state index in [1.54, 1.807) is 24.5 Å². The first kappa shape index (κ1) is 14.0. The zero-order valence-electron chi connectivity index (χ0n) is 12.4. The number of ether oxygens (including phenoxy) is 1. The van der Waals surface area contributed by atoms with Crippen LogP contribution in [0, 0.1) is 0 Å². The molecule has 4 rings (SSSR count). The third kappa shape index (κ3) is 2.51. The van der Waals surface area contributed by atoms with Gasteiger partial charge in [-0.25, -0.2) is 9.78 Å². The molecule has 0 aliphatic carbocycles. The highest BCUT2D eigenvalue weighted by Gasteiger charge is 2.25. The number of aromatic nitrogens is 2. The number of furan rings is 1. The number of carboxylic acid groups (broad SMARTS) is 1. The smallest absolute Gasteiger partial charge is 0.335 e. The Balaban J connectivity index is 1.84. The fourth-order valence-electron chi connectivity index (χ4n) is 3.03. The average Bonchev–Trinajstić information content (AvgIpc) is 3.28. The number of imidazole rings is 1. The summed E-state index contributed by atoms with van der Waals surface area (Å²) in [5, 5.41) is 9.17. The van der Waals surface area contributed by atoms with E-state index in [-0.39, 0.29) is 11.7 Å². The van der Waals surface area contributed by atoms with Gasteiger partial charge in [-0.05, 0) is 43.2 Å². The van der Waals surface area contributed by atoms with Crippen LogP contribution in [0.4, 0.5) is 0 Å². The van der Waals surface area contributed by atoms with Gasteiger partial charge in [0.25, 0.3) is 0 Å². The molecular formula is C17H16N2O4. The largest absolute Gasteiger partial charge is 0.478 e. The summed E-state index contributed by atoms with van der Waals surface area (Å²) in [4.78, 5) is 15.8. The predicted octanol–water partition coefficient (Wildman–Crippen LogP) is 3.23. The molecule has 1 atom stereocenters. The predicted molar refractivity (Wildman–Crippen MR) is 82.4 cm³/mol. The van der Waals surface area contributed by atoms with E-state index in [4.69, 9.17) is 14.3 Å². The lowest BCUT2D eigenvalue weighted by Crippen LogP contribution is -2.09. The standard InChI is InChI=1S/C17H16N2O4/c20-17(21)11-5-6-14-13(9-11)18-16(15-4-2-8-23-15)19(14)10-12-3-1-7-22-12/h1,3,5-7,9,15H,2,4,8,10H2,(H,20,21). The number of benzene rings is 1. The molecule has 1 aliphatic rings. The van der Waals surface area contributed by atoms with E-state index in [0.29, 0.717) is 12.1 Å². The molecule has 1 unspecified atom stereocenters. The molecule has 6 nitrogen and oxygen atoms in total. The first-order chi connectivity index (χ1) is 11.2. The summed E-state index contributed by atoms with van der Waals surface area (Å²) < 4.78 is 13.3. The quantitative estimate of drug-likeness (QED) is 0.800. The van der Waals surface area contributed by atoms with E-state index in [2.05, 4.69) is 9.55 Å². The fourth-order valence-corrected chi connectivity index (χ4v) is 3.03. The highest BCUT2D eigenvalue weighted by Crippen LogP contribution is 2.31. The molecule has 118 valence electrons. The summed E-state index contributed by atoms with van der Waals surface area (Å²) in [5.41, 5.74) is 1.79. The Morgan fingerprint density at radius 1 is 1.39 bits per heavy atom. The Hall–Kier alpha value is -2.60. The van der Waals surface area contributed by atoms with E-state index >= 15 is 0 Å². The van der Waals surface area contributed by atoms with Crippen LogP contribution in [-0.2, 0) is 11.3 Å². The van der Waals surface area contributed by atoms with Crippen molar-refractivity contribution in [2.45, 2.75) is 25.5 Å². The second-order valence-electron chi connectivity index (χ2n) is 5.65. The van der Waals surface area contributed by atoms with Crippen molar-refractivity contribution in [1.29, 1.82) is 0 Å². The van der Waals surface area contributed by atoms with Gasteiger partial charge in [0, 0.05) is 6.61 Å². The van der Waals surface area contributed by atoms with Crippen molar-refractivity contribution in [2.75, 3.05) is 6.61 Å². The van der Waals surface area contributed by atoms with Gasteiger partial charge in [-0.3, -0.25) is 0 Å². The summed E-state index contributed by atoms with van der Waals surface area (Å²) in [6.07, 6.45) is 3.52. The van der Waals surface area contributed by atoms with E-state index < -0.39 is 5.97 Å². The van der Waals surface area contributed by atoms with E-state index in [1.807, 2.05) is 12.1 Å². The Morgan fingerprint density at radius 3 is 3.00 bits per heavy atom. The van der Waals surface area contributed by atoms with Crippen molar-refractivity contribution in [1.82, 2.24) is 9.55 Å². The van der Waals surface area contributed by atoms with Gasteiger partial charge in [0.2, 0.25) is 0 Å². The summed E-state index contributed by atoms with van der Waals surface area (Å²) in [7, 11) is 0. The van der Waals surface area contributed by atoms with Crippen molar-refractivity contribution >= 4 is 17.0 Å². The Kier molecular flexibility index (Phi) is 3.38.